The van der Waals surface area contributed by atoms with E-state index >= 15 is 0 Å². The van der Waals surface area contributed by atoms with Crippen LogP contribution in [-0.2, 0) is 0 Å². The Morgan fingerprint density at radius 3 is 3.29 bits per heavy atom. The van der Waals surface area contributed by atoms with Gasteiger partial charge in [0.05, 0.1) is 0 Å². The van der Waals surface area contributed by atoms with E-state index in [2.05, 4.69) is 27.4 Å². The van der Waals surface area contributed by atoms with Crippen LogP contribution in [0.1, 0.15) is 34.9 Å². The molecule has 0 aliphatic carbocycles. The van der Waals surface area contributed by atoms with Crippen molar-refractivity contribution in [2.24, 2.45) is 0 Å². The standard InChI is InChI=1S/C12H18N4O/c1-2-5-14-12(17)11-7-10(15-16-11)9-4-3-6-13-8-9/h2,7,9,13H,1,3-6,8H2,(H,14,17)(H,15,16). The topological polar surface area (TPSA) is 69.8 Å². The Morgan fingerprint density at radius 2 is 2.59 bits per heavy atom. The molecule has 2 heterocycles. The van der Waals surface area contributed by atoms with Gasteiger partial charge in [-0.05, 0) is 25.5 Å². The number of piperidine rings is 1. The average Bonchev–Trinajstić information content (AvgIpc) is 2.86. The average molecular weight is 234 g/mol. The van der Waals surface area contributed by atoms with E-state index in [1.165, 1.54) is 6.42 Å². The third-order valence-electron chi connectivity index (χ3n) is 2.97. The highest BCUT2D eigenvalue weighted by molar-refractivity contribution is 5.92. The zero-order valence-corrected chi connectivity index (χ0v) is 9.83. The fraction of sp³-hybridized carbons (Fsp3) is 0.500. The second-order valence-corrected chi connectivity index (χ2v) is 4.25. The maximum atomic E-state index is 11.6. The van der Waals surface area contributed by atoms with Crippen LogP contribution >= 0.6 is 0 Å². The van der Waals surface area contributed by atoms with Crippen LogP contribution in [0.5, 0.6) is 0 Å². The summed E-state index contributed by atoms with van der Waals surface area (Å²) in [7, 11) is 0. The minimum Gasteiger partial charge on any atom is -0.347 e. The molecular weight excluding hydrogens is 216 g/mol. The number of aromatic nitrogens is 2. The largest absolute Gasteiger partial charge is 0.347 e. The first-order valence-corrected chi connectivity index (χ1v) is 5.96. The van der Waals surface area contributed by atoms with Crippen LogP contribution in [0.4, 0.5) is 0 Å². The Kier molecular flexibility index (Phi) is 3.93. The summed E-state index contributed by atoms with van der Waals surface area (Å²) in [6.45, 7) is 6.05. The van der Waals surface area contributed by atoms with Gasteiger partial charge in [0.25, 0.3) is 5.91 Å². The summed E-state index contributed by atoms with van der Waals surface area (Å²) in [5.41, 5.74) is 1.49. The van der Waals surface area contributed by atoms with Crippen LogP contribution in [0.3, 0.4) is 0 Å². The van der Waals surface area contributed by atoms with Crippen LogP contribution in [0, 0.1) is 0 Å². The highest BCUT2D eigenvalue weighted by atomic mass is 16.1. The molecule has 0 saturated carbocycles. The second-order valence-electron chi connectivity index (χ2n) is 4.25. The summed E-state index contributed by atoms with van der Waals surface area (Å²) in [6, 6.07) is 1.84. The quantitative estimate of drug-likeness (QED) is 0.675. The van der Waals surface area contributed by atoms with Crippen molar-refractivity contribution < 1.29 is 4.79 Å². The summed E-state index contributed by atoms with van der Waals surface area (Å²) in [4.78, 5) is 11.6. The summed E-state index contributed by atoms with van der Waals surface area (Å²) in [5, 5.41) is 13.1. The summed E-state index contributed by atoms with van der Waals surface area (Å²) >= 11 is 0. The van der Waals surface area contributed by atoms with E-state index in [4.69, 9.17) is 0 Å². The molecule has 0 radical (unpaired) electrons. The lowest BCUT2D eigenvalue weighted by atomic mass is 9.96. The maximum Gasteiger partial charge on any atom is 0.272 e. The zero-order valence-electron chi connectivity index (χ0n) is 9.83. The van der Waals surface area contributed by atoms with E-state index in [9.17, 15) is 4.79 Å². The molecule has 2 rings (SSSR count). The predicted molar refractivity (Wildman–Crippen MR) is 66.0 cm³/mol. The number of aromatic amines is 1. The highest BCUT2D eigenvalue weighted by Crippen LogP contribution is 2.21. The molecule has 0 bridgehead atoms. The molecule has 92 valence electrons. The number of nitrogens with one attached hydrogen (secondary N) is 3. The lowest BCUT2D eigenvalue weighted by Crippen LogP contribution is -2.28. The molecule has 1 aliphatic heterocycles. The van der Waals surface area contributed by atoms with Crippen molar-refractivity contribution in [1.29, 1.82) is 0 Å². The summed E-state index contributed by atoms with van der Waals surface area (Å²) in [5.74, 6) is 0.286. The number of hydrogen-bond donors (Lipinski definition) is 3. The normalized spacial score (nSPS) is 19.9. The molecular formula is C12H18N4O. The molecule has 1 saturated heterocycles. The number of hydrogen-bond acceptors (Lipinski definition) is 3. The van der Waals surface area contributed by atoms with Crippen LogP contribution < -0.4 is 10.6 Å². The van der Waals surface area contributed by atoms with Gasteiger partial charge in [-0.15, -0.1) is 6.58 Å². The Labute approximate surface area is 101 Å². The molecule has 1 aliphatic rings. The van der Waals surface area contributed by atoms with E-state index in [1.807, 2.05) is 6.07 Å². The minimum absolute atomic E-state index is 0.156. The minimum atomic E-state index is -0.156. The molecule has 1 amide bonds. The SMILES string of the molecule is C=CCNC(=O)c1cc(C2CCCNC2)[nH]n1. The first-order valence-electron chi connectivity index (χ1n) is 5.96. The number of carbonyl (C=O) groups excluding carboxylic acids is 1. The van der Waals surface area contributed by atoms with Crippen molar-refractivity contribution in [3.63, 3.8) is 0 Å². The fourth-order valence-electron chi connectivity index (χ4n) is 2.03. The van der Waals surface area contributed by atoms with E-state index in [1.54, 1.807) is 6.08 Å². The van der Waals surface area contributed by atoms with Gasteiger partial charge in [0, 0.05) is 24.7 Å². The third-order valence-corrected chi connectivity index (χ3v) is 2.97. The molecule has 1 unspecified atom stereocenters. The van der Waals surface area contributed by atoms with Gasteiger partial charge < -0.3 is 10.6 Å². The molecule has 5 nitrogen and oxygen atoms in total. The first-order chi connectivity index (χ1) is 8.31. The highest BCUT2D eigenvalue weighted by Gasteiger charge is 2.19. The molecule has 0 spiro atoms. The van der Waals surface area contributed by atoms with Crippen LogP contribution in [-0.4, -0.2) is 35.7 Å². The van der Waals surface area contributed by atoms with Crippen molar-refractivity contribution in [1.82, 2.24) is 20.8 Å². The monoisotopic (exact) mass is 234 g/mol. The fourth-order valence-corrected chi connectivity index (χ4v) is 2.03. The molecule has 1 aromatic rings. The molecule has 5 heteroatoms. The van der Waals surface area contributed by atoms with Crippen molar-refractivity contribution in [3.8, 4) is 0 Å². The maximum absolute atomic E-state index is 11.6. The molecule has 3 N–H and O–H groups in total. The molecule has 0 aromatic carbocycles. The van der Waals surface area contributed by atoms with Crippen molar-refractivity contribution >= 4 is 5.91 Å². The lowest BCUT2D eigenvalue weighted by molar-refractivity contribution is 0.0953. The van der Waals surface area contributed by atoms with Crippen LogP contribution in [0.15, 0.2) is 18.7 Å². The van der Waals surface area contributed by atoms with Gasteiger partial charge in [-0.25, -0.2) is 0 Å². The third kappa shape index (κ3) is 2.94. The van der Waals surface area contributed by atoms with Gasteiger partial charge in [-0.3, -0.25) is 9.89 Å². The smallest absolute Gasteiger partial charge is 0.272 e. The number of carbonyl (C=O) groups is 1. The molecule has 1 aromatic heterocycles. The number of amides is 1. The molecule has 1 atom stereocenters. The van der Waals surface area contributed by atoms with Crippen LogP contribution in [0.25, 0.3) is 0 Å². The van der Waals surface area contributed by atoms with Crippen molar-refractivity contribution in [2.75, 3.05) is 19.6 Å². The van der Waals surface area contributed by atoms with E-state index in [-0.39, 0.29) is 5.91 Å². The van der Waals surface area contributed by atoms with Gasteiger partial charge in [0.2, 0.25) is 0 Å². The van der Waals surface area contributed by atoms with Crippen LogP contribution in [0.2, 0.25) is 0 Å². The number of nitrogens with zero attached hydrogens (tertiary/aromatic N) is 1. The van der Waals surface area contributed by atoms with Crippen molar-refractivity contribution in [3.05, 3.63) is 30.1 Å². The van der Waals surface area contributed by atoms with E-state index < -0.39 is 0 Å². The Bertz CT molecular complexity index is 393. The van der Waals surface area contributed by atoms with E-state index in [0.717, 1.165) is 25.2 Å². The molecule has 1 fully saturated rings. The molecule has 17 heavy (non-hydrogen) atoms. The Balaban J connectivity index is 1.99. The number of rotatable bonds is 4. The van der Waals surface area contributed by atoms with Gasteiger partial charge in [0.15, 0.2) is 0 Å². The van der Waals surface area contributed by atoms with E-state index in [0.29, 0.717) is 18.2 Å². The lowest BCUT2D eigenvalue weighted by Gasteiger charge is -2.21. The summed E-state index contributed by atoms with van der Waals surface area (Å²) in [6.07, 6.45) is 3.96. The first kappa shape index (κ1) is 11.9. The zero-order chi connectivity index (χ0) is 12.1. The Morgan fingerprint density at radius 1 is 1.71 bits per heavy atom. The van der Waals surface area contributed by atoms with Gasteiger partial charge >= 0.3 is 0 Å². The predicted octanol–water partition coefficient (Wildman–Crippen LogP) is 0.792. The summed E-state index contributed by atoms with van der Waals surface area (Å²) < 4.78 is 0. The second kappa shape index (κ2) is 5.63. The van der Waals surface area contributed by atoms with Gasteiger partial charge in [0.1, 0.15) is 5.69 Å². The van der Waals surface area contributed by atoms with Gasteiger partial charge in [-0.2, -0.15) is 5.10 Å². The number of H-pyrrole nitrogens is 1. The van der Waals surface area contributed by atoms with Crippen molar-refractivity contribution in [2.45, 2.75) is 18.8 Å². The van der Waals surface area contributed by atoms with Gasteiger partial charge in [-0.1, -0.05) is 6.08 Å². The Hall–Kier alpha value is -1.62.